The summed E-state index contributed by atoms with van der Waals surface area (Å²) in [5.74, 6) is 0.949. The predicted octanol–water partition coefficient (Wildman–Crippen LogP) is -1.14. The third kappa shape index (κ3) is 1.11. The monoisotopic (exact) mass is 168 g/mol. The van der Waals surface area contributed by atoms with Crippen LogP contribution in [0, 0.1) is 0 Å². The van der Waals surface area contributed by atoms with Gasteiger partial charge in [0.2, 0.25) is 0 Å². The molecule has 1 aromatic rings. The van der Waals surface area contributed by atoms with Crippen LogP contribution in [0.2, 0.25) is 0 Å². The molecule has 0 aromatic carbocycles. The molecule has 0 amide bonds. The minimum Gasteiger partial charge on any atom is -0.391 e. The summed E-state index contributed by atoms with van der Waals surface area (Å²) in [4.78, 5) is 0. The van der Waals surface area contributed by atoms with Crippen molar-refractivity contribution in [3.05, 3.63) is 12.2 Å². The lowest BCUT2D eigenvalue weighted by Crippen LogP contribution is -2.19. The van der Waals surface area contributed by atoms with E-state index in [1.807, 2.05) is 11.6 Å². The maximum Gasteiger partial charge on any atom is 0.139 e. The second-order valence-corrected chi connectivity index (χ2v) is 3.13. The van der Waals surface area contributed by atoms with Gasteiger partial charge in [-0.25, -0.2) is 0 Å². The van der Waals surface area contributed by atoms with Crippen LogP contribution in [0.15, 0.2) is 6.33 Å². The molecule has 0 saturated carbocycles. The molecule has 2 heterocycles. The fourth-order valence-electron chi connectivity index (χ4n) is 1.56. The Morgan fingerprint density at radius 3 is 3.00 bits per heavy atom. The number of aromatic nitrogens is 3. The maximum absolute atomic E-state index is 9.54. The number of β-amino-alcohol motifs (C(OH)–C–C–N with tert-alkyl or cyclic N) is 1. The number of hydrogen-bond acceptors (Lipinski definition) is 4. The van der Waals surface area contributed by atoms with Crippen molar-refractivity contribution in [2.24, 2.45) is 7.05 Å². The second kappa shape index (κ2) is 2.84. The molecule has 1 saturated heterocycles. The van der Waals surface area contributed by atoms with Crippen LogP contribution in [-0.4, -0.2) is 39.1 Å². The zero-order valence-electron chi connectivity index (χ0n) is 6.94. The van der Waals surface area contributed by atoms with Gasteiger partial charge in [-0.3, -0.25) is 0 Å². The molecule has 1 aromatic heterocycles. The molecule has 0 radical (unpaired) electrons. The number of aliphatic hydroxyl groups excluding tert-OH is 1. The molecule has 2 unspecified atom stereocenters. The highest BCUT2D eigenvalue weighted by atomic mass is 16.3. The van der Waals surface area contributed by atoms with Gasteiger partial charge in [-0.1, -0.05) is 0 Å². The van der Waals surface area contributed by atoms with Crippen LogP contribution in [0.3, 0.4) is 0 Å². The molecule has 0 bridgehead atoms. The van der Waals surface area contributed by atoms with Crippen molar-refractivity contribution in [3.63, 3.8) is 0 Å². The molecule has 1 aliphatic heterocycles. The minimum absolute atomic E-state index is 0.0949. The highest BCUT2D eigenvalue weighted by Gasteiger charge is 2.29. The Balaban J connectivity index is 2.24. The zero-order valence-corrected chi connectivity index (χ0v) is 6.94. The van der Waals surface area contributed by atoms with Gasteiger partial charge < -0.3 is 15.0 Å². The summed E-state index contributed by atoms with van der Waals surface area (Å²) in [7, 11) is 1.89. The molecular weight excluding hydrogens is 156 g/mol. The van der Waals surface area contributed by atoms with Crippen molar-refractivity contribution in [2.45, 2.75) is 12.0 Å². The van der Waals surface area contributed by atoms with Gasteiger partial charge >= 0.3 is 0 Å². The van der Waals surface area contributed by atoms with E-state index < -0.39 is 0 Å². The van der Waals surface area contributed by atoms with E-state index in [1.165, 1.54) is 0 Å². The summed E-state index contributed by atoms with van der Waals surface area (Å²) in [6.45, 7) is 1.44. The Bertz CT molecular complexity index is 272. The van der Waals surface area contributed by atoms with Crippen LogP contribution in [0.5, 0.6) is 0 Å². The summed E-state index contributed by atoms with van der Waals surface area (Å²) in [6, 6.07) is 0. The van der Waals surface area contributed by atoms with Gasteiger partial charge in [0.05, 0.1) is 12.0 Å². The summed E-state index contributed by atoms with van der Waals surface area (Å²) in [6.07, 6.45) is 1.33. The van der Waals surface area contributed by atoms with Crippen molar-refractivity contribution in [2.75, 3.05) is 13.1 Å². The third-order valence-corrected chi connectivity index (χ3v) is 2.26. The quantitative estimate of drug-likeness (QED) is 0.556. The van der Waals surface area contributed by atoms with Crippen molar-refractivity contribution < 1.29 is 5.11 Å². The molecule has 2 N–H and O–H groups in total. The number of aryl methyl sites for hydroxylation is 1. The van der Waals surface area contributed by atoms with Crippen molar-refractivity contribution >= 4 is 0 Å². The van der Waals surface area contributed by atoms with E-state index in [0.29, 0.717) is 6.54 Å². The summed E-state index contributed by atoms with van der Waals surface area (Å²) < 4.78 is 1.85. The molecule has 5 nitrogen and oxygen atoms in total. The van der Waals surface area contributed by atoms with E-state index in [0.717, 1.165) is 12.4 Å². The highest BCUT2D eigenvalue weighted by Crippen LogP contribution is 2.19. The van der Waals surface area contributed by atoms with E-state index in [-0.39, 0.29) is 12.0 Å². The van der Waals surface area contributed by atoms with Crippen LogP contribution >= 0.6 is 0 Å². The van der Waals surface area contributed by atoms with Gasteiger partial charge in [0.25, 0.3) is 0 Å². The average molecular weight is 168 g/mol. The number of hydrogen-bond donors (Lipinski definition) is 2. The topological polar surface area (TPSA) is 63.0 Å². The van der Waals surface area contributed by atoms with Gasteiger partial charge in [0.1, 0.15) is 12.2 Å². The van der Waals surface area contributed by atoms with Gasteiger partial charge in [-0.05, 0) is 0 Å². The molecular formula is C7H12N4O. The van der Waals surface area contributed by atoms with E-state index in [4.69, 9.17) is 0 Å². The lowest BCUT2D eigenvalue weighted by molar-refractivity contribution is 0.173. The minimum atomic E-state index is -0.326. The Morgan fingerprint density at radius 1 is 1.67 bits per heavy atom. The molecule has 66 valence electrons. The predicted molar refractivity (Wildman–Crippen MR) is 42.6 cm³/mol. The fraction of sp³-hybridized carbons (Fsp3) is 0.714. The largest absolute Gasteiger partial charge is 0.391 e. The van der Waals surface area contributed by atoms with Crippen molar-refractivity contribution in [1.82, 2.24) is 20.1 Å². The van der Waals surface area contributed by atoms with Gasteiger partial charge in [-0.15, -0.1) is 10.2 Å². The Labute approximate surface area is 70.4 Å². The van der Waals surface area contributed by atoms with Crippen molar-refractivity contribution in [1.29, 1.82) is 0 Å². The number of rotatable bonds is 1. The molecule has 2 rings (SSSR count). The van der Waals surface area contributed by atoms with E-state index >= 15 is 0 Å². The first kappa shape index (κ1) is 7.70. The lowest BCUT2D eigenvalue weighted by atomic mass is 10.1. The molecule has 5 heteroatoms. The molecule has 0 aliphatic carbocycles. The third-order valence-electron chi connectivity index (χ3n) is 2.26. The van der Waals surface area contributed by atoms with Gasteiger partial charge in [0, 0.05) is 20.1 Å². The van der Waals surface area contributed by atoms with E-state index in [2.05, 4.69) is 15.5 Å². The Hall–Kier alpha value is -0.940. The first-order valence-electron chi connectivity index (χ1n) is 4.01. The molecule has 1 aliphatic rings. The Kier molecular flexibility index (Phi) is 1.82. The van der Waals surface area contributed by atoms with Crippen LogP contribution in [0.1, 0.15) is 11.7 Å². The standard InChI is InChI=1S/C7H12N4O/c1-11-4-9-10-7(11)5-2-8-3-6(5)12/h4-6,8,12H,2-3H2,1H3. The number of aliphatic hydroxyl groups is 1. The van der Waals surface area contributed by atoms with Gasteiger partial charge in [0.15, 0.2) is 0 Å². The normalized spacial score (nSPS) is 29.5. The number of nitrogens with zero attached hydrogens (tertiary/aromatic N) is 3. The number of nitrogens with one attached hydrogen (secondary N) is 1. The van der Waals surface area contributed by atoms with Crippen LogP contribution in [-0.2, 0) is 7.05 Å². The van der Waals surface area contributed by atoms with E-state index in [9.17, 15) is 5.11 Å². The van der Waals surface area contributed by atoms with Gasteiger partial charge in [-0.2, -0.15) is 0 Å². The van der Waals surface area contributed by atoms with Crippen molar-refractivity contribution in [3.8, 4) is 0 Å². The van der Waals surface area contributed by atoms with Crippen LogP contribution in [0.25, 0.3) is 0 Å². The smallest absolute Gasteiger partial charge is 0.139 e. The zero-order chi connectivity index (χ0) is 8.55. The summed E-state index contributed by atoms with van der Waals surface area (Å²) in [5, 5.41) is 20.4. The molecule has 1 fully saturated rings. The van der Waals surface area contributed by atoms with Crippen LogP contribution < -0.4 is 5.32 Å². The maximum atomic E-state index is 9.54. The molecule has 0 spiro atoms. The first-order chi connectivity index (χ1) is 5.79. The SMILES string of the molecule is Cn1cnnc1C1CNCC1O. The Morgan fingerprint density at radius 2 is 2.50 bits per heavy atom. The summed E-state index contributed by atoms with van der Waals surface area (Å²) in [5.41, 5.74) is 0. The first-order valence-corrected chi connectivity index (χ1v) is 4.01. The highest BCUT2D eigenvalue weighted by molar-refractivity contribution is 5.04. The van der Waals surface area contributed by atoms with Crippen LogP contribution in [0.4, 0.5) is 0 Å². The van der Waals surface area contributed by atoms with E-state index in [1.54, 1.807) is 6.33 Å². The molecule has 12 heavy (non-hydrogen) atoms. The lowest BCUT2D eigenvalue weighted by Gasteiger charge is -2.11. The molecule has 2 atom stereocenters. The second-order valence-electron chi connectivity index (χ2n) is 3.13. The summed E-state index contributed by atoms with van der Waals surface area (Å²) >= 11 is 0. The fourth-order valence-corrected chi connectivity index (χ4v) is 1.56. The average Bonchev–Trinajstić information content (AvgIpc) is 2.59.